The van der Waals surface area contributed by atoms with Gasteiger partial charge in [0, 0.05) is 35.2 Å². The molecular formula is C19H27ClIN3O3S. The molecule has 1 heterocycles. The van der Waals surface area contributed by atoms with Crippen molar-refractivity contribution in [3.63, 3.8) is 0 Å². The Morgan fingerprint density at radius 3 is 2.64 bits per heavy atom. The van der Waals surface area contributed by atoms with Crippen molar-refractivity contribution in [1.29, 1.82) is 0 Å². The molecule has 9 heteroatoms. The van der Waals surface area contributed by atoms with Crippen molar-refractivity contribution in [2.45, 2.75) is 11.3 Å². The van der Waals surface area contributed by atoms with Gasteiger partial charge in [0.1, 0.15) is 5.76 Å². The Morgan fingerprint density at radius 2 is 1.93 bits per heavy atom. The van der Waals surface area contributed by atoms with E-state index in [0.717, 1.165) is 42.0 Å². The van der Waals surface area contributed by atoms with E-state index in [1.165, 1.54) is 4.90 Å². The van der Waals surface area contributed by atoms with Gasteiger partial charge in [-0.15, -0.1) is 35.7 Å². The number of nitrogens with zero attached hydrogens (tertiary/aromatic N) is 1. The number of guanidine groups is 1. The van der Waals surface area contributed by atoms with Crippen molar-refractivity contribution in [2.24, 2.45) is 4.99 Å². The normalized spacial score (nSPS) is 11.1. The molecule has 0 spiro atoms. The third kappa shape index (κ3) is 11.2. The van der Waals surface area contributed by atoms with Gasteiger partial charge in [-0.1, -0.05) is 11.6 Å². The van der Waals surface area contributed by atoms with E-state index in [1.54, 1.807) is 18.0 Å². The molecule has 0 unspecified atom stereocenters. The Kier molecular flexibility index (Phi) is 14.3. The fourth-order valence-electron chi connectivity index (χ4n) is 2.19. The number of rotatable bonds is 12. The molecule has 0 aliphatic rings. The van der Waals surface area contributed by atoms with Crippen LogP contribution in [0.1, 0.15) is 5.76 Å². The van der Waals surface area contributed by atoms with Gasteiger partial charge in [-0.05, 0) is 36.4 Å². The van der Waals surface area contributed by atoms with Gasteiger partial charge >= 0.3 is 0 Å². The van der Waals surface area contributed by atoms with Crippen LogP contribution in [0.2, 0.25) is 5.02 Å². The zero-order valence-electron chi connectivity index (χ0n) is 15.6. The lowest BCUT2D eigenvalue weighted by Crippen LogP contribution is -2.39. The van der Waals surface area contributed by atoms with Crippen LogP contribution in [0.5, 0.6) is 0 Å². The first-order chi connectivity index (χ1) is 13.3. The van der Waals surface area contributed by atoms with E-state index in [2.05, 4.69) is 15.6 Å². The van der Waals surface area contributed by atoms with E-state index in [1.807, 2.05) is 36.4 Å². The van der Waals surface area contributed by atoms with Gasteiger partial charge < -0.3 is 24.9 Å². The summed E-state index contributed by atoms with van der Waals surface area (Å²) in [5.41, 5.74) is 0. The average molecular weight is 540 g/mol. The van der Waals surface area contributed by atoms with Gasteiger partial charge in [0.15, 0.2) is 5.96 Å². The lowest BCUT2D eigenvalue weighted by Gasteiger charge is -2.12. The molecule has 0 saturated heterocycles. The minimum Gasteiger partial charge on any atom is -0.469 e. The Balaban J connectivity index is 0.00000392. The predicted molar refractivity (Wildman–Crippen MR) is 126 cm³/mol. The van der Waals surface area contributed by atoms with Crippen LogP contribution < -0.4 is 10.6 Å². The number of aliphatic imine (C=N–C) groups is 1. The number of benzene rings is 1. The average Bonchev–Trinajstić information content (AvgIpc) is 3.19. The highest BCUT2D eigenvalue weighted by atomic mass is 127. The largest absolute Gasteiger partial charge is 0.469 e. The zero-order valence-corrected chi connectivity index (χ0v) is 19.5. The summed E-state index contributed by atoms with van der Waals surface area (Å²) >= 11 is 7.66. The molecule has 0 fully saturated rings. The number of thioether (sulfide) groups is 1. The Bertz CT molecular complexity index is 657. The number of hydrogen-bond donors (Lipinski definition) is 3. The topological polar surface area (TPSA) is 79.0 Å². The number of aliphatic hydroxyl groups is 1. The number of furan rings is 1. The first kappa shape index (κ1) is 25.1. The molecule has 2 aromatic rings. The SMILES string of the molecule is I.OCCOCCN=C(NCCSc1ccc(Cl)cc1)NCCc1ccco1. The highest BCUT2D eigenvalue weighted by Crippen LogP contribution is 2.19. The van der Waals surface area contributed by atoms with Crippen LogP contribution in [0.15, 0.2) is 57.0 Å². The molecule has 156 valence electrons. The molecule has 28 heavy (non-hydrogen) atoms. The highest BCUT2D eigenvalue weighted by molar-refractivity contribution is 14.0. The first-order valence-electron chi connectivity index (χ1n) is 8.89. The third-order valence-corrected chi connectivity index (χ3v) is 4.73. The van der Waals surface area contributed by atoms with Crippen molar-refractivity contribution < 1.29 is 14.3 Å². The van der Waals surface area contributed by atoms with Gasteiger partial charge in [0.25, 0.3) is 0 Å². The fraction of sp³-hybridized carbons (Fsp3) is 0.421. The summed E-state index contributed by atoms with van der Waals surface area (Å²) in [5.74, 6) is 2.58. The molecule has 0 aliphatic carbocycles. The monoisotopic (exact) mass is 539 g/mol. The summed E-state index contributed by atoms with van der Waals surface area (Å²) in [6, 6.07) is 11.7. The van der Waals surface area contributed by atoms with E-state index in [0.29, 0.717) is 19.8 Å². The predicted octanol–water partition coefficient (Wildman–Crippen LogP) is 3.43. The van der Waals surface area contributed by atoms with Gasteiger partial charge in [-0.3, -0.25) is 4.99 Å². The number of ether oxygens (including phenoxy) is 1. The number of halogens is 2. The van der Waals surface area contributed by atoms with E-state index < -0.39 is 0 Å². The van der Waals surface area contributed by atoms with Crippen LogP contribution in [0.4, 0.5) is 0 Å². The lowest BCUT2D eigenvalue weighted by atomic mass is 10.3. The van der Waals surface area contributed by atoms with E-state index >= 15 is 0 Å². The molecule has 0 aliphatic heterocycles. The molecule has 0 amide bonds. The summed E-state index contributed by atoms with van der Waals surface area (Å²) in [5, 5.41) is 16.1. The van der Waals surface area contributed by atoms with Crippen LogP contribution in [0, 0.1) is 0 Å². The molecule has 0 saturated carbocycles. The smallest absolute Gasteiger partial charge is 0.191 e. The van der Waals surface area contributed by atoms with Gasteiger partial charge in [0.05, 0.1) is 32.6 Å². The summed E-state index contributed by atoms with van der Waals surface area (Å²) in [4.78, 5) is 5.68. The number of nitrogens with one attached hydrogen (secondary N) is 2. The van der Waals surface area contributed by atoms with Crippen LogP contribution in [-0.2, 0) is 11.2 Å². The Morgan fingerprint density at radius 1 is 1.14 bits per heavy atom. The van der Waals surface area contributed by atoms with Crippen molar-refractivity contribution in [1.82, 2.24) is 10.6 Å². The molecule has 1 aromatic heterocycles. The van der Waals surface area contributed by atoms with Crippen molar-refractivity contribution in [3.8, 4) is 0 Å². The summed E-state index contributed by atoms with van der Waals surface area (Å²) in [6.07, 6.45) is 2.46. The number of hydrogen-bond acceptors (Lipinski definition) is 5. The van der Waals surface area contributed by atoms with Crippen LogP contribution in [0.25, 0.3) is 0 Å². The van der Waals surface area contributed by atoms with E-state index in [-0.39, 0.29) is 30.6 Å². The van der Waals surface area contributed by atoms with E-state index in [4.69, 9.17) is 25.9 Å². The van der Waals surface area contributed by atoms with Gasteiger partial charge in [-0.2, -0.15) is 0 Å². The molecule has 0 bridgehead atoms. The van der Waals surface area contributed by atoms with Crippen molar-refractivity contribution in [3.05, 3.63) is 53.4 Å². The van der Waals surface area contributed by atoms with Crippen molar-refractivity contribution in [2.75, 3.05) is 45.2 Å². The second-order valence-corrected chi connectivity index (χ2v) is 7.16. The van der Waals surface area contributed by atoms with Crippen LogP contribution in [-0.4, -0.2) is 56.3 Å². The molecule has 2 rings (SSSR count). The van der Waals surface area contributed by atoms with Crippen molar-refractivity contribution >= 4 is 53.3 Å². The molecular weight excluding hydrogens is 513 g/mol. The Labute approximate surface area is 192 Å². The summed E-state index contributed by atoms with van der Waals surface area (Å²) in [6.45, 7) is 2.87. The van der Waals surface area contributed by atoms with Crippen LogP contribution in [0.3, 0.4) is 0 Å². The lowest BCUT2D eigenvalue weighted by molar-refractivity contribution is 0.0977. The maximum Gasteiger partial charge on any atom is 0.191 e. The standard InChI is InChI=1S/C19H26ClN3O3S.HI/c20-16-3-5-18(6-4-16)27-15-10-23-19(22-9-13-25-14-11-24)21-8-7-17-2-1-12-26-17;/h1-6,12,24H,7-11,13-15H2,(H2,21,22,23);1H. The minimum absolute atomic E-state index is 0. The quantitative estimate of drug-likeness (QED) is 0.126. The molecule has 0 radical (unpaired) electrons. The molecule has 1 aromatic carbocycles. The third-order valence-electron chi connectivity index (χ3n) is 3.46. The summed E-state index contributed by atoms with van der Waals surface area (Å²) in [7, 11) is 0. The zero-order chi connectivity index (χ0) is 19.2. The van der Waals surface area contributed by atoms with E-state index in [9.17, 15) is 0 Å². The van der Waals surface area contributed by atoms with Crippen LogP contribution >= 0.6 is 47.3 Å². The first-order valence-corrected chi connectivity index (χ1v) is 10.3. The second kappa shape index (κ2) is 15.9. The Hall–Kier alpha value is -0.940. The molecule has 3 N–H and O–H groups in total. The molecule has 6 nitrogen and oxygen atoms in total. The highest BCUT2D eigenvalue weighted by Gasteiger charge is 2.01. The summed E-state index contributed by atoms with van der Waals surface area (Å²) < 4.78 is 10.6. The number of aliphatic hydroxyl groups excluding tert-OH is 1. The maximum atomic E-state index is 8.73. The van der Waals surface area contributed by atoms with Gasteiger partial charge in [0.2, 0.25) is 0 Å². The minimum atomic E-state index is 0. The second-order valence-electron chi connectivity index (χ2n) is 5.55. The maximum absolute atomic E-state index is 8.73. The van der Waals surface area contributed by atoms with Gasteiger partial charge in [-0.25, -0.2) is 0 Å². The molecule has 0 atom stereocenters. The fourth-order valence-corrected chi connectivity index (χ4v) is 3.09.